The summed E-state index contributed by atoms with van der Waals surface area (Å²) in [5.74, 6) is -0.321. The fourth-order valence-corrected chi connectivity index (χ4v) is 2.79. The van der Waals surface area contributed by atoms with Crippen molar-refractivity contribution < 1.29 is 9.18 Å². The van der Waals surface area contributed by atoms with E-state index in [4.69, 9.17) is 0 Å². The Hall–Kier alpha value is -2.08. The van der Waals surface area contributed by atoms with Crippen LogP contribution in [0.4, 0.5) is 4.39 Å². The monoisotopic (exact) mass is 303 g/mol. The molecular formula is C16H18FN3O2. The summed E-state index contributed by atoms with van der Waals surface area (Å²) in [6, 6.07) is 5.77. The number of ketones is 1. The van der Waals surface area contributed by atoms with Gasteiger partial charge in [0.25, 0.3) is 5.56 Å². The molecule has 0 saturated carbocycles. The van der Waals surface area contributed by atoms with Gasteiger partial charge in [-0.15, -0.1) is 0 Å². The van der Waals surface area contributed by atoms with E-state index < -0.39 is 6.17 Å². The highest BCUT2D eigenvalue weighted by Crippen LogP contribution is 2.13. The lowest BCUT2D eigenvalue weighted by atomic mass is 10.1. The maximum Gasteiger partial charge on any atom is 0.269 e. The van der Waals surface area contributed by atoms with Crippen LogP contribution in [-0.4, -0.2) is 46.0 Å². The minimum atomic E-state index is -1.40. The quantitative estimate of drug-likeness (QED) is 0.858. The van der Waals surface area contributed by atoms with Crippen molar-refractivity contribution in [2.24, 2.45) is 0 Å². The zero-order valence-corrected chi connectivity index (χ0v) is 12.5. The van der Waals surface area contributed by atoms with Crippen molar-refractivity contribution in [1.82, 2.24) is 14.5 Å². The molecule has 0 bridgehead atoms. The molecule has 1 atom stereocenters. The summed E-state index contributed by atoms with van der Waals surface area (Å²) in [5.41, 5.74) is 2.45. The number of rotatable bonds is 3. The van der Waals surface area contributed by atoms with E-state index in [1.54, 1.807) is 4.57 Å². The molecule has 0 amide bonds. The molecule has 6 heteroatoms. The third-order valence-electron chi connectivity index (χ3n) is 4.08. The lowest BCUT2D eigenvalue weighted by molar-refractivity contribution is -0.127. The highest BCUT2D eigenvalue weighted by molar-refractivity contribution is 5.84. The number of piperidine rings is 1. The van der Waals surface area contributed by atoms with E-state index in [0.717, 1.165) is 16.6 Å². The Bertz CT molecular complexity index is 772. The summed E-state index contributed by atoms with van der Waals surface area (Å²) in [5, 5.41) is 0. The molecule has 0 spiro atoms. The van der Waals surface area contributed by atoms with Crippen molar-refractivity contribution in [3.8, 4) is 0 Å². The Morgan fingerprint density at radius 3 is 2.91 bits per heavy atom. The standard InChI is InChI=1S/C16H18FN3O2/c1-11-2-3-13-14(8-11)20(16(22)9-18-13)7-6-19-5-4-15(21)12(17)10-19/h2-3,8-9,12H,4-7,10H2,1H3. The van der Waals surface area contributed by atoms with Gasteiger partial charge in [0.05, 0.1) is 17.2 Å². The molecule has 1 aromatic carbocycles. The van der Waals surface area contributed by atoms with Gasteiger partial charge in [-0.25, -0.2) is 9.37 Å². The van der Waals surface area contributed by atoms with Crippen LogP contribution in [0.3, 0.4) is 0 Å². The fraction of sp³-hybridized carbons (Fsp3) is 0.438. The molecule has 1 fully saturated rings. The predicted molar refractivity (Wildman–Crippen MR) is 81.7 cm³/mol. The van der Waals surface area contributed by atoms with E-state index >= 15 is 0 Å². The largest absolute Gasteiger partial charge is 0.304 e. The average molecular weight is 303 g/mol. The van der Waals surface area contributed by atoms with Gasteiger partial charge < -0.3 is 4.57 Å². The van der Waals surface area contributed by atoms with E-state index in [2.05, 4.69) is 4.98 Å². The van der Waals surface area contributed by atoms with Gasteiger partial charge in [0.2, 0.25) is 0 Å². The Balaban J connectivity index is 1.82. The van der Waals surface area contributed by atoms with Crippen molar-refractivity contribution in [3.05, 3.63) is 40.3 Å². The van der Waals surface area contributed by atoms with Gasteiger partial charge >= 0.3 is 0 Å². The number of likely N-dealkylation sites (tertiary alicyclic amines) is 1. The van der Waals surface area contributed by atoms with Crippen LogP contribution in [0.5, 0.6) is 0 Å². The molecule has 1 aliphatic heterocycles. The molecule has 1 saturated heterocycles. The zero-order valence-electron chi connectivity index (χ0n) is 12.5. The molecule has 1 aliphatic rings. The molecule has 22 heavy (non-hydrogen) atoms. The number of aryl methyl sites for hydroxylation is 1. The first-order valence-electron chi connectivity index (χ1n) is 7.40. The molecule has 3 rings (SSSR count). The molecule has 1 aromatic heterocycles. The number of nitrogens with zero attached hydrogens (tertiary/aromatic N) is 3. The van der Waals surface area contributed by atoms with Crippen LogP contribution in [0.2, 0.25) is 0 Å². The minimum Gasteiger partial charge on any atom is -0.304 e. The fourth-order valence-electron chi connectivity index (χ4n) is 2.79. The summed E-state index contributed by atoms with van der Waals surface area (Å²) in [6.45, 7) is 3.64. The molecule has 0 radical (unpaired) electrons. The van der Waals surface area contributed by atoms with Gasteiger partial charge in [0.1, 0.15) is 0 Å². The van der Waals surface area contributed by atoms with Crippen LogP contribution >= 0.6 is 0 Å². The van der Waals surface area contributed by atoms with E-state index in [0.29, 0.717) is 19.6 Å². The van der Waals surface area contributed by atoms with Crippen molar-refractivity contribution in [2.75, 3.05) is 19.6 Å². The number of carbonyl (C=O) groups excluding carboxylic acids is 1. The van der Waals surface area contributed by atoms with Crippen molar-refractivity contribution in [1.29, 1.82) is 0 Å². The number of alkyl halides is 1. The average Bonchev–Trinajstić information content (AvgIpc) is 2.49. The highest BCUT2D eigenvalue weighted by atomic mass is 19.1. The van der Waals surface area contributed by atoms with E-state index in [-0.39, 0.29) is 24.3 Å². The smallest absolute Gasteiger partial charge is 0.269 e. The number of fused-ring (bicyclic) bond motifs is 1. The SMILES string of the molecule is Cc1ccc2ncc(=O)n(CCN3CCC(=O)C(F)C3)c2c1. The number of carbonyl (C=O) groups is 1. The van der Waals surface area contributed by atoms with Crippen LogP contribution in [0, 0.1) is 6.92 Å². The summed E-state index contributed by atoms with van der Waals surface area (Å²) >= 11 is 0. The molecule has 2 heterocycles. The maximum absolute atomic E-state index is 13.5. The number of benzene rings is 1. The minimum absolute atomic E-state index is 0.121. The van der Waals surface area contributed by atoms with Gasteiger partial charge in [-0.3, -0.25) is 14.5 Å². The lowest BCUT2D eigenvalue weighted by Gasteiger charge is -2.28. The van der Waals surface area contributed by atoms with Crippen molar-refractivity contribution in [3.63, 3.8) is 0 Å². The number of hydrogen-bond donors (Lipinski definition) is 0. The molecule has 0 aliphatic carbocycles. The first kappa shape index (κ1) is 14.8. The summed E-state index contributed by atoms with van der Waals surface area (Å²) < 4.78 is 15.1. The first-order chi connectivity index (χ1) is 10.5. The second-order valence-corrected chi connectivity index (χ2v) is 5.72. The van der Waals surface area contributed by atoms with Gasteiger partial charge in [-0.05, 0) is 24.6 Å². The molecule has 0 N–H and O–H groups in total. The van der Waals surface area contributed by atoms with Gasteiger partial charge in [-0.2, -0.15) is 0 Å². The lowest BCUT2D eigenvalue weighted by Crippen LogP contribution is -2.43. The Labute approximate surface area is 127 Å². The van der Waals surface area contributed by atoms with Crippen LogP contribution in [0.15, 0.2) is 29.2 Å². The number of halogens is 1. The Kier molecular flexibility index (Phi) is 4.02. The van der Waals surface area contributed by atoms with Crippen LogP contribution in [-0.2, 0) is 11.3 Å². The van der Waals surface area contributed by atoms with Gasteiger partial charge in [-0.1, -0.05) is 6.07 Å². The second-order valence-electron chi connectivity index (χ2n) is 5.72. The van der Waals surface area contributed by atoms with Gasteiger partial charge in [0, 0.05) is 32.6 Å². The number of hydrogen-bond acceptors (Lipinski definition) is 4. The topological polar surface area (TPSA) is 55.2 Å². The van der Waals surface area contributed by atoms with E-state index in [1.165, 1.54) is 6.20 Å². The van der Waals surface area contributed by atoms with Crippen molar-refractivity contribution >= 4 is 16.8 Å². The normalized spacial score (nSPS) is 19.7. The highest BCUT2D eigenvalue weighted by Gasteiger charge is 2.26. The Morgan fingerprint density at radius 1 is 1.32 bits per heavy atom. The molecule has 2 aromatic rings. The third-order valence-corrected chi connectivity index (χ3v) is 4.08. The van der Waals surface area contributed by atoms with Crippen molar-refractivity contribution in [2.45, 2.75) is 26.1 Å². The van der Waals surface area contributed by atoms with E-state index in [9.17, 15) is 14.0 Å². The summed E-state index contributed by atoms with van der Waals surface area (Å²) in [4.78, 5) is 29.3. The molecule has 5 nitrogen and oxygen atoms in total. The van der Waals surface area contributed by atoms with Crippen LogP contribution < -0.4 is 5.56 Å². The molecule has 1 unspecified atom stereocenters. The predicted octanol–water partition coefficient (Wildman–Crippen LogP) is 1.32. The van der Waals surface area contributed by atoms with Crippen LogP contribution in [0.1, 0.15) is 12.0 Å². The van der Waals surface area contributed by atoms with E-state index in [1.807, 2.05) is 30.0 Å². The maximum atomic E-state index is 13.5. The molecular weight excluding hydrogens is 285 g/mol. The van der Waals surface area contributed by atoms with Crippen LogP contribution in [0.25, 0.3) is 11.0 Å². The molecule has 116 valence electrons. The first-order valence-corrected chi connectivity index (χ1v) is 7.40. The summed E-state index contributed by atoms with van der Waals surface area (Å²) in [7, 11) is 0. The third kappa shape index (κ3) is 2.92. The zero-order chi connectivity index (χ0) is 15.7. The summed E-state index contributed by atoms with van der Waals surface area (Å²) in [6.07, 6.45) is 0.156. The Morgan fingerprint density at radius 2 is 2.14 bits per heavy atom. The van der Waals surface area contributed by atoms with Gasteiger partial charge in [0.15, 0.2) is 12.0 Å². The second kappa shape index (κ2) is 5.96. The number of aromatic nitrogens is 2. The number of Topliss-reactive ketones (excluding diaryl/α,β-unsaturated/α-hetero) is 1.